The summed E-state index contributed by atoms with van der Waals surface area (Å²) in [6, 6.07) is 12.0. The van der Waals surface area contributed by atoms with E-state index in [0.717, 1.165) is 46.1 Å². The second kappa shape index (κ2) is 6.39. The molecule has 5 heterocycles. The van der Waals surface area contributed by atoms with E-state index in [1.54, 1.807) is 6.20 Å². The maximum absolute atomic E-state index is 6.73. The summed E-state index contributed by atoms with van der Waals surface area (Å²) in [5, 5.41) is 10.3. The molecule has 5 aromatic rings. The highest BCUT2D eigenvalue weighted by Gasteiger charge is 2.24. The molecule has 0 N–H and O–H groups in total. The van der Waals surface area contributed by atoms with Crippen LogP contribution in [-0.4, -0.2) is 29.1 Å². The van der Waals surface area contributed by atoms with Crippen LogP contribution in [0, 0.1) is 5.92 Å². The van der Waals surface area contributed by atoms with Crippen molar-refractivity contribution >= 4 is 28.3 Å². The number of pyridine rings is 3. The van der Waals surface area contributed by atoms with E-state index in [1.165, 1.54) is 12.8 Å². The molecule has 0 radical (unpaired) electrons. The van der Waals surface area contributed by atoms with Gasteiger partial charge in [-0.05, 0) is 49.1 Å². The summed E-state index contributed by atoms with van der Waals surface area (Å²) in [5.41, 5.74) is 3.42. The molecule has 1 saturated carbocycles. The highest BCUT2D eigenvalue weighted by molar-refractivity contribution is 6.36. The summed E-state index contributed by atoms with van der Waals surface area (Å²) in [7, 11) is 0. The molecule has 0 unspecified atom stereocenters. The van der Waals surface area contributed by atoms with Crippen molar-refractivity contribution in [1.82, 2.24) is 29.1 Å². The van der Waals surface area contributed by atoms with Crippen molar-refractivity contribution in [3.8, 4) is 16.9 Å². The molecule has 0 spiro atoms. The van der Waals surface area contributed by atoms with Gasteiger partial charge in [0, 0.05) is 47.7 Å². The first-order chi connectivity index (χ1) is 14.3. The SMILES string of the molecule is Clc1c(-c2cnc3c(ccn3-c3ccccn3)c2)ccn2c(CC3CC3)nnc12. The van der Waals surface area contributed by atoms with E-state index in [1.807, 2.05) is 57.9 Å². The van der Waals surface area contributed by atoms with Crippen molar-refractivity contribution in [3.63, 3.8) is 0 Å². The largest absolute Gasteiger partial charge is 0.285 e. The van der Waals surface area contributed by atoms with Gasteiger partial charge in [-0.25, -0.2) is 9.97 Å². The first-order valence-electron chi connectivity index (χ1n) is 9.69. The average molecular weight is 401 g/mol. The monoisotopic (exact) mass is 400 g/mol. The Kier molecular flexibility index (Phi) is 3.67. The zero-order valence-corrected chi connectivity index (χ0v) is 16.3. The number of rotatable bonds is 4. The molecular weight excluding hydrogens is 384 g/mol. The lowest BCUT2D eigenvalue weighted by atomic mass is 10.1. The van der Waals surface area contributed by atoms with E-state index in [0.29, 0.717) is 10.7 Å². The first-order valence-corrected chi connectivity index (χ1v) is 10.1. The van der Waals surface area contributed by atoms with Crippen molar-refractivity contribution in [2.45, 2.75) is 19.3 Å². The van der Waals surface area contributed by atoms with Gasteiger partial charge < -0.3 is 0 Å². The fourth-order valence-electron chi connectivity index (χ4n) is 3.77. The lowest BCUT2D eigenvalue weighted by molar-refractivity contribution is 0.758. The minimum absolute atomic E-state index is 0.604. The van der Waals surface area contributed by atoms with Crippen LogP contribution >= 0.6 is 11.6 Å². The Balaban J connectivity index is 1.43. The Morgan fingerprint density at radius 3 is 2.76 bits per heavy atom. The Hall–Kier alpha value is -3.25. The van der Waals surface area contributed by atoms with Crippen LogP contribution in [0.1, 0.15) is 18.7 Å². The van der Waals surface area contributed by atoms with Gasteiger partial charge in [0.1, 0.15) is 17.3 Å². The summed E-state index contributed by atoms with van der Waals surface area (Å²) in [6.07, 6.45) is 11.1. The Bertz CT molecular complexity index is 1350. The van der Waals surface area contributed by atoms with Gasteiger partial charge in [0.15, 0.2) is 5.65 Å². The van der Waals surface area contributed by atoms with Gasteiger partial charge in [0.25, 0.3) is 0 Å². The van der Waals surface area contributed by atoms with E-state index < -0.39 is 0 Å². The van der Waals surface area contributed by atoms with Crippen LogP contribution in [0.4, 0.5) is 0 Å². The van der Waals surface area contributed by atoms with Crippen LogP contribution in [0.2, 0.25) is 5.02 Å². The summed E-state index contributed by atoms with van der Waals surface area (Å²) in [6.45, 7) is 0. The van der Waals surface area contributed by atoms with Crippen molar-refractivity contribution in [2.24, 2.45) is 5.92 Å². The standard InChI is InChI=1S/C22H17ClN6/c23-20-17(7-10-29-19(11-14-4-5-14)26-27-22(20)29)16-12-15-6-9-28(21(15)25-13-16)18-3-1-2-8-24-18/h1-3,6-10,12-14H,4-5,11H2. The van der Waals surface area contributed by atoms with Crippen LogP contribution in [0.15, 0.2) is 61.2 Å². The fraction of sp³-hybridized carbons (Fsp3) is 0.182. The lowest BCUT2D eigenvalue weighted by Crippen LogP contribution is -1.97. The molecule has 0 saturated heterocycles. The Labute approximate surface area is 171 Å². The average Bonchev–Trinajstić information content (AvgIpc) is 3.32. The second-order valence-electron chi connectivity index (χ2n) is 7.51. The van der Waals surface area contributed by atoms with E-state index in [4.69, 9.17) is 11.6 Å². The molecule has 142 valence electrons. The number of fused-ring (bicyclic) bond motifs is 2. The predicted molar refractivity (Wildman–Crippen MR) is 112 cm³/mol. The maximum atomic E-state index is 6.73. The van der Waals surface area contributed by atoms with Crippen LogP contribution < -0.4 is 0 Å². The van der Waals surface area contributed by atoms with E-state index in [-0.39, 0.29) is 0 Å². The first kappa shape index (κ1) is 16.7. The molecule has 1 aliphatic rings. The van der Waals surface area contributed by atoms with E-state index >= 15 is 0 Å². The molecule has 6 nitrogen and oxygen atoms in total. The zero-order chi connectivity index (χ0) is 19.4. The second-order valence-corrected chi connectivity index (χ2v) is 7.89. The van der Waals surface area contributed by atoms with Gasteiger partial charge in [-0.2, -0.15) is 0 Å². The van der Waals surface area contributed by atoms with E-state index in [9.17, 15) is 0 Å². The summed E-state index contributed by atoms with van der Waals surface area (Å²) < 4.78 is 3.99. The molecule has 1 aliphatic carbocycles. The van der Waals surface area contributed by atoms with E-state index in [2.05, 4.69) is 26.2 Å². The molecule has 0 aromatic carbocycles. The Morgan fingerprint density at radius 2 is 1.93 bits per heavy atom. The summed E-state index contributed by atoms with van der Waals surface area (Å²) >= 11 is 6.73. The van der Waals surface area contributed by atoms with Crippen molar-refractivity contribution < 1.29 is 0 Å². The van der Waals surface area contributed by atoms with Gasteiger partial charge in [0.05, 0.1) is 5.02 Å². The van der Waals surface area contributed by atoms with Crippen molar-refractivity contribution in [2.75, 3.05) is 0 Å². The minimum atomic E-state index is 0.604. The summed E-state index contributed by atoms with van der Waals surface area (Å²) in [4.78, 5) is 9.10. The zero-order valence-electron chi connectivity index (χ0n) is 15.5. The molecule has 7 heteroatoms. The number of hydrogen-bond donors (Lipinski definition) is 0. The Morgan fingerprint density at radius 1 is 1.00 bits per heavy atom. The third-order valence-corrected chi connectivity index (χ3v) is 5.86. The summed E-state index contributed by atoms with van der Waals surface area (Å²) in [5.74, 6) is 2.57. The highest BCUT2D eigenvalue weighted by atomic mass is 35.5. The molecule has 0 atom stereocenters. The topological polar surface area (TPSA) is 60.9 Å². The molecular formula is C22H17ClN6. The molecule has 29 heavy (non-hydrogen) atoms. The van der Waals surface area contributed by atoms with Crippen LogP contribution in [0.25, 0.3) is 33.6 Å². The predicted octanol–water partition coefficient (Wildman–Crippen LogP) is 4.74. The smallest absolute Gasteiger partial charge is 0.180 e. The third kappa shape index (κ3) is 2.79. The maximum Gasteiger partial charge on any atom is 0.180 e. The van der Waals surface area contributed by atoms with Crippen molar-refractivity contribution in [1.29, 1.82) is 0 Å². The molecule has 0 amide bonds. The number of halogens is 1. The number of hydrogen-bond acceptors (Lipinski definition) is 4. The molecule has 5 aromatic heterocycles. The van der Waals surface area contributed by atoms with Gasteiger partial charge in [-0.1, -0.05) is 17.7 Å². The van der Waals surface area contributed by atoms with Gasteiger partial charge >= 0.3 is 0 Å². The molecule has 6 rings (SSSR count). The number of aromatic nitrogens is 6. The molecule has 0 aliphatic heterocycles. The number of nitrogens with zero attached hydrogens (tertiary/aromatic N) is 6. The van der Waals surface area contributed by atoms with Gasteiger partial charge in [-0.3, -0.25) is 8.97 Å². The quantitative estimate of drug-likeness (QED) is 0.437. The van der Waals surface area contributed by atoms with Crippen LogP contribution in [0.5, 0.6) is 0 Å². The van der Waals surface area contributed by atoms with Crippen LogP contribution in [0.3, 0.4) is 0 Å². The van der Waals surface area contributed by atoms with Gasteiger partial charge in [0.2, 0.25) is 0 Å². The fourth-order valence-corrected chi connectivity index (χ4v) is 4.07. The molecule has 0 bridgehead atoms. The van der Waals surface area contributed by atoms with Crippen LogP contribution in [-0.2, 0) is 6.42 Å². The minimum Gasteiger partial charge on any atom is -0.285 e. The van der Waals surface area contributed by atoms with Crippen molar-refractivity contribution in [3.05, 3.63) is 72.0 Å². The lowest BCUT2D eigenvalue weighted by Gasteiger charge is -2.08. The third-order valence-electron chi connectivity index (χ3n) is 5.49. The highest BCUT2D eigenvalue weighted by Crippen LogP contribution is 2.35. The molecule has 1 fully saturated rings. The van der Waals surface area contributed by atoms with Gasteiger partial charge in [-0.15, -0.1) is 10.2 Å². The normalized spacial score (nSPS) is 14.1.